The summed E-state index contributed by atoms with van der Waals surface area (Å²) in [6.07, 6.45) is 1.86. The summed E-state index contributed by atoms with van der Waals surface area (Å²) in [5, 5.41) is 12.4. The highest BCUT2D eigenvalue weighted by Crippen LogP contribution is 2.22. The lowest BCUT2D eigenvalue weighted by Gasteiger charge is -2.17. The van der Waals surface area contributed by atoms with Gasteiger partial charge in [0.05, 0.1) is 18.1 Å². The van der Waals surface area contributed by atoms with Gasteiger partial charge in [0.25, 0.3) is 0 Å². The fraction of sp³-hybridized carbons (Fsp3) is 0.562. The first-order valence-corrected chi connectivity index (χ1v) is 6.92. The molecule has 1 rings (SSSR count). The molecule has 3 nitrogen and oxygen atoms in total. The predicted molar refractivity (Wildman–Crippen MR) is 77.9 cm³/mol. The average molecular weight is 260 g/mol. The maximum absolute atomic E-state index is 8.97. The zero-order valence-corrected chi connectivity index (χ0v) is 12.2. The van der Waals surface area contributed by atoms with Crippen LogP contribution in [0.3, 0.4) is 0 Å². The first-order valence-electron chi connectivity index (χ1n) is 6.92. The van der Waals surface area contributed by atoms with Crippen molar-refractivity contribution in [3.05, 3.63) is 29.8 Å². The molecule has 104 valence electrons. The third-order valence-corrected chi connectivity index (χ3v) is 3.00. The van der Waals surface area contributed by atoms with Gasteiger partial charge >= 0.3 is 0 Å². The van der Waals surface area contributed by atoms with E-state index in [1.165, 1.54) is 5.56 Å². The second-order valence-electron chi connectivity index (χ2n) is 5.38. The topological polar surface area (TPSA) is 45.0 Å². The number of nitrogens with one attached hydrogen (secondary N) is 1. The Hall–Kier alpha value is -1.53. The molecule has 1 aromatic rings. The van der Waals surface area contributed by atoms with Gasteiger partial charge in [0.15, 0.2) is 0 Å². The van der Waals surface area contributed by atoms with Gasteiger partial charge in [-0.15, -0.1) is 0 Å². The van der Waals surface area contributed by atoms with Gasteiger partial charge in [-0.05, 0) is 39.3 Å². The Bertz CT molecular complexity index is 421. The molecule has 0 aliphatic heterocycles. The van der Waals surface area contributed by atoms with E-state index in [-0.39, 0.29) is 5.41 Å². The lowest BCUT2D eigenvalue weighted by atomic mass is 9.92. The van der Waals surface area contributed by atoms with Crippen LogP contribution in [-0.4, -0.2) is 13.2 Å². The molecular weight excluding hydrogens is 236 g/mol. The standard InChI is InChI=1S/C16H24N2O/c1-4-10-18-12-14-7-5-6-8-15(14)19-11-9-16(2,3)13-17/h5-8,18H,4,9-12H2,1-3H3. The van der Waals surface area contributed by atoms with Crippen molar-refractivity contribution in [3.8, 4) is 11.8 Å². The van der Waals surface area contributed by atoms with Crippen LogP contribution in [0, 0.1) is 16.7 Å². The molecule has 0 heterocycles. The first-order chi connectivity index (χ1) is 9.09. The normalized spacial score (nSPS) is 11.1. The van der Waals surface area contributed by atoms with Gasteiger partial charge in [-0.1, -0.05) is 25.1 Å². The van der Waals surface area contributed by atoms with Crippen molar-refractivity contribution in [3.63, 3.8) is 0 Å². The molecule has 0 radical (unpaired) electrons. The number of benzene rings is 1. The second kappa shape index (κ2) is 7.81. The number of hydrogen-bond acceptors (Lipinski definition) is 3. The third-order valence-electron chi connectivity index (χ3n) is 3.00. The molecule has 19 heavy (non-hydrogen) atoms. The maximum Gasteiger partial charge on any atom is 0.123 e. The lowest BCUT2D eigenvalue weighted by molar-refractivity contribution is 0.262. The number of nitrogens with zero attached hydrogens (tertiary/aromatic N) is 1. The summed E-state index contributed by atoms with van der Waals surface area (Å²) in [5.74, 6) is 0.917. The summed E-state index contributed by atoms with van der Waals surface area (Å²) in [6.45, 7) is 8.43. The van der Waals surface area contributed by atoms with Crippen molar-refractivity contribution in [1.29, 1.82) is 5.26 Å². The van der Waals surface area contributed by atoms with Crippen molar-refractivity contribution in [2.75, 3.05) is 13.2 Å². The smallest absolute Gasteiger partial charge is 0.123 e. The molecule has 0 saturated heterocycles. The number of nitriles is 1. The second-order valence-corrected chi connectivity index (χ2v) is 5.38. The van der Waals surface area contributed by atoms with E-state index in [0.717, 1.165) is 31.7 Å². The van der Waals surface area contributed by atoms with Crippen LogP contribution >= 0.6 is 0 Å². The number of ether oxygens (including phenoxy) is 1. The van der Waals surface area contributed by atoms with Gasteiger partial charge in [0.2, 0.25) is 0 Å². The van der Waals surface area contributed by atoms with Crippen molar-refractivity contribution in [2.24, 2.45) is 5.41 Å². The summed E-state index contributed by atoms with van der Waals surface area (Å²) in [4.78, 5) is 0. The monoisotopic (exact) mass is 260 g/mol. The Labute approximate surface area is 116 Å². The van der Waals surface area contributed by atoms with Crippen LogP contribution in [0.25, 0.3) is 0 Å². The van der Waals surface area contributed by atoms with Gasteiger partial charge in [0, 0.05) is 12.1 Å². The molecule has 0 spiro atoms. The zero-order chi connectivity index (χ0) is 14.1. The molecule has 0 aliphatic carbocycles. The molecule has 0 atom stereocenters. The Morgan fingerprint density at radius 3 is 2.74 bits per heavy atom. The Balaban J connectivity index is 2.51. The van der Waals surface area contributed by atoms with Crippen LogP contribution in [0.5, 0.6) is 5.75 Å². The molecule has 3 heteroatoms. The molecule has 0 saturated carbocycles. The molecule has 0 unspecified atom stereocenters. The molecule has 0 aromatic heterocycles. The van der Waals surface area contributed by atoms with Crippen LogP contribution in [0.15, 0.2) is 24.3 Å². The van der Waals surface area contributed by atoms with E-state index in [9.17, 15) is 0 Å². The number of hydrogen-bond donors (Lipinski definition) is 1. The average Bonchev–Trinajstić information content (AvgIpc) is 2.41. The molecule has 0 fully saturated rings. The Morgan fingerprint density at radius 1 is 1.32 bits per heavy atom. The van der Waals surface area contributed by atoms with Crippen LogP contribution in [0.4, 0.5) is 0 Å². The highest BCUT2D eigenvalue weighted by Gasteiger charge is 2.16. The summed E-state index contributed by atoms with van der Waals surface area (Å²) < 4.78 is 5.81. The molecular formula is C16H24N2O. The number of rotatable bonds is 8. The fourth-order valence-corrected chi connectivity index (χ4v) is 1.66. The third kappa shape index (κ3) is 5.76. The SMILES string of the molecule is CCCNCc1ccccc1OCCC(C)(C)C#N. The van der Waals surface area contributed by atoms with Crippen molar-refractivity contribution in [1.82, 2.24) is 5.32 Å². The fourth-order valence-electron chi connectivity index (χ4n) is 1.66. The van der Waals surface area contributed by atoms with Crippen LogP contribution in [0.1, 0.15) is 39.2 Å². The van der Waals surface area contributed by atoms with E-state index >= 15 is 0 Å². The highest BCUT2D eigenvalue weighted by atomic mass is 16.5. The van der Waals surface area contributed by atoms with E-state index in [4.69, 9.17) is 10.00 Å². The van der Waals surface area contributed by atoms with Gasteiger partial charge < -0.3 is 10.1 Å². The van der Waals surface area contributed by atoms with E-state index in [1.807, 2.05) is 32.0 Å². The van der Waals surface area contributed by atoms with Crippen LogP contribution < -0.4 is 10.1 Å². The van der Waals surface area contributed by atoms with Gasteiger partial charge in [0.1, 0.15) is 5.75 Å². The van der Waals surface area contributed by atoms with Crippen molar-refractivity contribution >= 4 is 0 Å². The van der Waals surface area contributed by atoms with Gasteiger partial charge in [-0.2, -0.15) is 5.26 Å². The van der Waals surface area contributed by atoms with Crippen molar-refractivity contribution < 1.29 is 4.74 Å². The van der Waals surface area contributed by atoms with Gasteiger partial charge in [-0.3, -0.25) is 0 Å². The Morgan fingerprint density at radius 2 is 2.05 bits per heavy atom. The Kier molecular flexibility index (Phi) is 6.38. The summed E-state index contributed by atoms with van der Waals surface area (Å²) >= 11 is 0. The number of para-hydroxylation sites is 1. The van der Waals surface area contributed by atoms with E-state index in [0.29, 0.717) is 6.61 Å². The predicted octanol–water partition coefficient (Wildman–Crippen LogP) is 3.50. The molecule has 0 amide bonds. The minimum Gasteiger partial charge on any atom is -0.493 e. The minimum absolute atomic E-state index is 0.324. The first kappa shape index (κ1) is 15.5. The van der Waals surface area contributed by atoms with Gasteiger partial charge in [-0.25, -0.2) is 0 Å². The lowest BCUT2D eigenvalue weighted by Crippen LogP contribution is -2.16. The van der Waals surface area contributed by atoms with Crippen LogP contribution in [0.2, 0.25) is 0 Å². The molecule has 1 N–H and O–H groups in total. The van der Waals surface area contributed by atoms with Crippen molar-refractivity contribution in [2.45, 2.75) is 40.2 Å². The summed E-state index contributed by atoms with van der Waals surface area (Å²) in [6, 6.07) is 10.4. The van der Waals surface area contributed by atoms with E-state index < -0.39 is 0 Å². The zero-order valence-electron chi connectivity index (χ0n) is 12.2. The van der Waals surface area contributed by atoms with E-state index in [2.05, 4.69) is 24.4 Å². The summed E-state index contributed by atoms with van der Waals surface area (Å²) in [7, 11) is 0. The van der Waals surface area contributed by atoms with Crippen LogP contribution in [-0.2, 0) is 6.54 Å². The quantitative estimate of drug-likeness (QED) is 0.728. The summed E-state index contributed by atoms with van der Waals surface area (Å²) in [5.41, 5.74) is 0.848. The highest BCUT2D eigenvalue weighted by molar-refractivity contribution is 5.33. The largest absolute Gasteiger partial charge is 0.493 e. The minimum atomic E-state index is -0.324. The van der Waals surface area contributed by atoms with E-state index in [1.54, 1.807) is 0 Å². The molecule has 0 bridgehead atoms. The maximum atomic E-state index is 8.97. The molecule has 0 aliphatic rings. The molecule has 1 aromatic carbocycles.